The van der Waals surface area contributed by atoms with Crippen molar-refractivity contribution in [2.45, 2.75) is 49.2 Å². The molecule has 48 heavy (non-hydrogen) atoms. The number of aromatic nitrogens is 3. The molecule has 1 aliphatic carbocycles. The minimum atomic E-state index is -4.94. The van der Waals surface area contributed by atoms with Crippen molar-refractivity contribution in [1.29, 1.82) is 0 Å². The smallest absolute Gasteiger partial charge is 0.350 e. The van der Waals surface area contributed by atoms with E-state index in [1.54, 1.807) is 28.9 Å². The quantitative estimate of drug-likeness (QED) is 0.175. The molecule has 6 rings (SSSR count). The van der Waals surface area contributed by atoms with Gasteiger partial charge in [0.25, 0.3) is 0 Å². The van der Waals surface area contributed by atoms with Crippen molar-refractivity contribution >= 4 is 44.2 Å². The number of carbonyl (C=O) groups excluding carboxylic acids is 1. The summed E-state index contributed by atoms with van der Waals surface area (Å²) in [6, 6.07) is 8.09. The zero-order chi connectivity index (χ0) is 34.7. The number of hydrogen-bond donors (Lipinski definition) is 0. The third-order valence-electron chi connectivity index (χ3n) is 8.94. The lowest BCUT2D eigenvalue weighted by Gasteiger charge is -2.40. The maximum atomic E-state index is 16.2. The fourth-order valence-electron chi connectivity index (χ4n) is 6.43. The number of para-hydroxylation sites is 1. The number of sulfone groups is 1. The van der Waals surface area contributed by atoms with Gasteiger partial charge in [-0.2, -0.15) is 18.2 Å². The van der Waals surface area contributed by atoms with E-state index >= 15 is 4.39 Å². The Labute approximate surface area is 278 Å². The van der Waals surface area contributed by atoms with Crippen LogP contribution in [0.15, 0.2) is 64.8 Å². The Morgan fingerprint density at radius 3 is 2.42 bits per heavy atom. The standard InChI is InChI=1S/C33H30ClF4N5O4S/c1-4-26(44)41-14-15-42(18(2)17-41)30-21-16-24(35)28(27-22(33(36,37)38)11-7-12-23(27)34)39-31(21)43(32(45)40-30)29-20(19-8-5-9-19)10-6-13-25(29)48(3,46)47/h4,6-7,10-13,16,18-19H,1,5,8-9,14-15,17H2,2-3H3/t18-/m0/s1. The van der Waals surface area contributed by atoms with Crippen molar-refractivity contribution in [3.05, 3.63) is 87.6 Å². The zero-order valence-electron chi connectivity index (χ0n) is 25.9. The van der Waals surface area contributed by atoms with Gasteiger partial charge >= 0.3 is 11.9 Å². The normalized spacial score (nSPS) is 17.4. The Hall–Kier alpha value is -4.30. The van der Waals surface area contributed by atoms with Crippen LogP contribution in [0.3, 0.4) is 0 Å². The third kappa shape index (κ3) is 5.85. The Balaban J connectivity index is 1.71. The number of pyridine rings is 1. The largest absolute Gasteiger partial charge is 0.417 e. The molecule has 0 bridgehead atoms. The average Bonchev–Trinajstić information content (AvgIpc) is 2.99. The van der Waals surface area contributed by atoms with Crippen molar-refractivity contribution in [2.24, 2.45) is 0 Å². The van der Waals surface area contributed by atoms with Crippen LogP contribution >= 0.6 is 11.6 Å². The molecule has 0 radical (unpaired) electrons. The molecule has 15 heteroatoms. The van der Waals surface area contributed by atoms with Crippen molar-refractivity contribution in [2.75, 3.05) is 30.8 Å². The lowest BCUT2D eigenvalue weighted by molar-refractivity contribution is -0.137. The molecule has 9 nitrogen and oxygen atoms in total. The van der Waals surface area contributed by atoms with Gasteiger partial charge in [0, 0.05) is 37.5 Å². The molecule has 3 heterocycles. The monoisotopic (exact) mass is 703 g/mol. The summed E-state index contributed by atoms with van der Waals surface area (Å²) >= 11 is 6.27. The molecular weight excluding hydrogens is 674 g/mol. The van der Waals surface area contributed by atoms with E-state index in [1.165, 1.54) is 18.2 Å². The second kappa shape index (κ2) is 12.3. The van der Waals surface area contributed by atoms with Gasteiger partial charge in [-0.05, 0) is 61.6 Å². The molecule has 1 saturated carbocycles. The molecule has 0 spiro atoms. The highest BCUT2D eigenvalue weighted by Crippen LogP contribution is 2.44. The molecule has 0 N–H and O–H groups in total. The van der Waals surface area contributed by atoms with Crippen LogP contribution in [0.5, 0.6) is 0 Å². The van der Waals surface area contributed by atoms with Gasteiger partial charge in [-0.25, -0.2) is 27.2 Å². The van der Waals surface area contributed by atoms with Crippen LogP contribution in [-0.4, -0.2) is 65.7 Å². The fourth-order valence-corrected chi connectivity index (χ4v) is 7.58. The number of rotatable bonds is 6. The minimum Gasteiger partial charge on any atom is -0.350 e. The number of alkyl halides is 3. The number of amides is 1. The second-order valence-corrected chi connectivity index (χ2v) is 14.4. The van der Waals surface area contributed by atoms with E-state index in [2.05, 4.69) is 16.5 Å². The fraction of sp³-hybridized carbons (Fsp3) is 0.333. The average molecular weight is 704 g/mol. The predicted octanol–water partition coefficient (Wildman–Crippen LogP) is 6.15. The lowest BCUT2D eigenvalue weighted by atomic mass is 9.79. The number of piperazine rings is 1. The number of nitrogens with zero attached hydrogens (tertiary/aromatic N) is 5. The first kappa shape index (κ1) is 33.6. The summed E-state index contributed by atoms with van der Waals surface area (Å²) in [5.41, 5.74) is -3.53. The number of carbonyl (C=O) groups is 1. The number of hydrogen-bond acceptors (Lipinski definition) is 7. The highest BCUT2D eigenvalue weighted by atomic mass is 35.5. The molecule has 2 aromatic carbocycles. The lowest BCUT2D eigenvalue weighted by Crippen LogP contribution is -2.54. The molecule has 1 aliphatic heterocycles. The molecule has 0 unspecified atom stereocenters. The Bertz CT molecular complexity index is 2150. The summed E-state index contributed by atoms with van der Waals surface area (Å²) < 4.78 is 86.1. The van der Waals surface area contributed by atoms with Gasteiger partial charge < -0.3 is 9.80 Å². The van der Waals surface area contributed by atoms with E-state index in [0.717, 1.165) is 35.4 Å². The molecule has 1 amide bonds. The van der Waals surface area contributed by atoms with E-state index in [0.29, 0.717) is 18.4 Å². The van der Waals surface area contributed by atoms with E-state index in [1.807, 2.05) is 0 Å². The number of fused-ring (bicyclic) bond motifs is 1. The highest BCUT2D eigenvalue weighted by molar-refractivity contribution is 7.90. The Morgan fingerprint density at radius 1 is 1.10 bits per heavy atom. The summed E-state index contributed by atoms with van der Waals surface area (Å²) in [4.78, 5) is 38.3. The molecule has 2 aliphatic rings. The molecular formula is C33H30ClF4N5O4S. The summed E-state index contributed by atoms with van der Waals surface area (Å²) in [6.07, 6.45) is -0.476. The molecule has 2 aromatic heterocycles. The Kier molecular flexibility index (Phi) is 8.61. The van der Waals surface area contributed by atoms with Crippen LogP contribution in [0.25, 0.3) is 28.0 Å². The van der Waals surface area contributed by atoms with Gasteiger partial charge in [0.15, 0.2) is 15.5 Å². The van der Waals surface area contributed by atoms with E-state index in [4.69, 9.17) is 11.6 Å². The highest BCUT2D eigenvalue weighted by Gasteiger charge is 2.37. The van der Waals surface area contributed by atoms with Crippen LogP contribution < -0.4 is 10.6 Å². The SMILES string of the molecule is C=CC(=O)N1CCN(c2nc(=O)n(-c3c(C4CCC4)cccc3S(C)(=O)=O)c3nc(-c4c(Cl)cccc4C(F)(F)F)c(F)cc23)[C@@H](C)C1. The molecule has 4 aromatic rings. The van der Waals surface area contributed by atoms with E-state index in [9.17, 15) is 31.2 Å². The molecule has 2 fully saturated rings. The zero-order valence-corrected chi connectivity index (χ0v) is 27.5. The van der Waals surface area contributed by atoms with Crippen LogP contribution in [0.2, 0.25) is 5.02 Å². The van der Waals surface area contributed by atoms with Crippen LogP contribution in [-0.2, 0) is 20.8 Å². The van der Waals surface area contributed by atoms with E-state index in [-0.39, 0.29) is 58.9 Å². The van der Waals surface area contributed by atoms with Crippen LogP contribution in [0.1, 0.15) is 43.2 Å². The summed E-state index contributed by atoms with van der Waals surface area (Å²) in [5.74, 6) is -1.59. The van der Waals surface area contributed by atoms with Gasteiger partial charge in [0.05, 0.1) is 26.6 Å². The van der Waals surface area contributed by atoms with Crippen molar-refractivity contribution < 1.29 is 30.8 Å². The van der Waals surface area contributed by atoms with Gasteiger partial charge in [-0.15, -0.1) is 0 Å². The first-order valence-electron chi connectivity index (χ1n) is 15.1. The van der Waals surface area contributed by atoms with Gasteiger partial charge in [0.2, 0.25) is 5.91 Å². The Morgan fingerprint density at radius 2 is 1.81 bits per heavy atom. The third-order valence-corrected chi connectivity index (χ3v) is 10.4. The topological polar surface area (TPSA) is 105 Å². The van der Waals surface area contributed by atoms with Gasteiger partial charge in [-0.3, -0.25) is 4.79 Å². The summed E-state index contributed by atoms with van der Waals surface area (Å²) in [6.45, 7) is 5.89. The van der Waals surface area contributed by atoms with Gasteiger partial charge in [-0.1, -0.05) is 42.8 Å². The van der Waals surface area contributed by atoms with E-state index < -0.39 is 55.4 Å². The van der Waals surface area contributed by atoms with Crippen molar-refractivity contribution in [3.63, 3.8) is 0 Å². The maximum absolute atomic E-state index is 16.2. The van der Waals surface area contributed by atoms with Crippen molar-refractivity contribution in [3.8, 4) is 16.9 Å². The summed E-state index contributed by atoms with van der Waals surface area (Å²) in [7, 11) is -3.98. The second-order valence-electron chi connectivity index (χ2n) is 12.0. The number of benzene rings is 2. The molecule has 252 valence electrons. The maximum Gasteiger partial charge on any atom is 0.417 e. The van der Waals surface area contributed by atoms with Crippen LogP contribution in [0, 0.1) is 5.82 Å². The van der Waals surface area contributed by atoms with Gasteiger partial charge in [0.1, 0.15) is 17.3 Å². The molecule has 1 atom stereocenters. The number of halogens is 5. The minimum absolute atomic E-state index is 0.0142. The first-order valence-corrected chi connectivity index (χ1v) is 17.4. The predicted molar refractivity (Wildman–Crippen MR) is 174 cm³/mol. The summed E-state index contributed by atoms with van der Waals surface area (Å²) in [5, 5.41) is -0.475. The first-order chi connectivity index (χ1) is 22.6. The van der Waals surface area contributed by atoms with Crippen molar-refractivity contribution in [1.82, 2.24) is 19.4 Å². The molecule has 1 saturated heterocycles. The van der Waals surface area contributed by atoms with Crippen LogP contribution in [0.4, 0.5) is 23.4 Å². The number of anilines is 1.